The van der Waals surface area contributed by atoms with Crippen LogP contribution in [0.1, 0.15) is 0 Å². The van der Waals surface area contributed by atoms with Crippen LogP contribution in [-0.4, -0.2) is 6.16 Å². The van der Waals surface area contributed by atoms with E-state index in [0.29, 0.717) is 0 Å². The maximum absolute atomic E-state index is 10.2. The Morgan fingerprint density at radius 1 is 1.12 bits per heavy atom. The maximum Gasteiger partial charge on any atom is 0.534 e. The summed E-state index contributed by atoms with van der Waals surface area (Å²) < 4.78 is 8.76. The van der Waals surface area contributed by atoms with E-state index < -0.39 is 6.16 Å². The van der Waals surface area contributed by atoms with Crippen molar-refractivity contribution in [1.29, 1.82) is 0 Å². The van der Waals surface area contributed by atoms with Gasteiger partial charge in [0.15, 0.2) is 0 Å². The summed E-state index contributed by atoms with van der Waals surface area (Å²) in [6.07, 6.45) is -0.641. The molecule has 0 aromatic heterocycles. The quantitative estimate of drug-likeness (QED) is 0.427. The highest BCUT2D eigenvalue weighted by atomic mass is 33.7. The average Bonchev–Trinajstić information content (AvgIpc) is 1.94. The molecular weight excluding hydrogens is 188 g/mol. The van der Waals surface area contributed by atoms with Gasteiger partial charge in [-0.15, -0.1) is 0 Å². The fraction of sp³-hybridized carbons (Fsp3) is 0. The molecular formula is CO3S4. The van der Waals surface area contributed by atoms with Crippen molar-refractivity contribution in [1.82, 2.24) is 0 Å². The van der Waals surface area contributed by atoms with E-state index in [0.717, 1.165) is 22.1 Å². The maximum atomic E-state index is 10.2. The molecule has 0 spiro atoms. The fourth-order valence-corrected chi connectivity index (χ4v) is 3.21. The SMILES string of the molecule is O=C1OSSSSO1. The summed E-state index contributed by atoms with van der Waals surface area (Å²) in [7, 11) is 2.70. The summed E-state index contributed by atoms with van der Waals surface area (Å²) in [5, 5.41) is 0. The molecule has 1 fully saturated rings. The van der Waals surface area contributed by atoms with Gasteiger partial charge in [-0.2, -0.15) is 0 Å². The van der Waals surface area contributed by atoms with Crippen LogP contribution in [-0.2, 0) is 8.37 Å². The zero-order valence-corrected chi connectivity index (χ0v) is 6.62. The molecule has 3 nitrogen and oxygen atoms in total. The minimum absolute atomic E-state index is 0.641. The molecule has 46 valence electrons. The van der Waals surface area contributed by atoms with Gasteiger partial charge in [0.25, 0.3) is 0 Å². The summed E-state index contributed by atoms with van der Waals surface area (Å²) >= 11 is 2.02. The first-order chi connectivity index (χ1) is 3.89. The highest BCUT2D eigenvalue weighted by molar-refractivity contribution is 9.25. The molecule has 1 heterocycles. The molecule has 0 N–H and O–H groups in total. The summed E-state index contributed by atoms with van der Waals surface area (Å²) in [5.41, 5.74) is 0. The zero-order chi connectivity index (χ0) is 5.82. The van der Waals surface area contributed by atoms with Crippen molar-refractivity contribution in [3.05, 3.63) is 0 Å². The monoisotopic (exact) mass is 188 g/mol. The average molecular weight is 188 g/mol. The van der Waals surface area contributed by atoms with E-state index in [1.165, 1.54) is 19.7 Å². The van der Waals surface area contributed by atoms with Gasteiger partial charge >= 0.3 is 6.16 Å². The smallest absolute Gasteiger partial charge is 0.346 e. The normalized spacial score (nSPS) is 20.8. The van der Waals surface area contributed by atoms with Crippen molar-refractivity contribution >= 4 is 48.0 Å². The molecule has 1 aliphatic rings. The second kappa shape index (κ2) is 3.65. The lowest BCUT2D eigenvalue weighted by Crippen LogP contribution is -1.91. The summed E-state index contributed by atoms with van der Waals surface area (Å²) in [4.78, 5) is 10.2. The van der Waals surface area contributed by atoms with Gasteiger partial charge in [-0.05, 0) is 0 Å². The van der Waals surface area contributed by atoms with Gasteiger partial charge in [0.05, 0.1) is 0 Å². The molecule has 1 aliphatic heterocycles. The van der Waals surface area contributed by atoms with E-state index in [1.54, 1.807) is 0 Å². The van der Waals surface area contributed by atoms with Crippen molar-refractivity contribution in [2.45, 2.75) is 0 Å². The summed E-state index contributed by atoms with van der Waals surface area (Å²) in [5.74, 6) is 0. The lowest BCUT2D eigenvalue weighted by atomic mass is 11.5. The van der Waals surface area contributed by atoms with Gasteiger partial charge in [-0.3, -0.25) is 0 Å². The third-order valence-corrected chi connectivity index (χ3v) is 4.77. The van der Waals surface area contributed by atoms with Gasteiger partial charge < -0.3 is 8.37 Å². The van der Waals surface area contributed by atoms with Crippen molar-refractivity contribution in [2.24, 2.45) is 0 Å². The van der Waals surface area contributed by atoms with Crippen LogP contribution < -0.4 is 0 Å². The van der Waals surface area contributed by atoms with E-state index in [4.69, 9.17) is 0 Å². The topological polar surface area (TPSA) is 35.5 Å². The number of rotatable bonds is 0. The predicted octanol–water partition coefficient (Wildman–Crippen LogP) is 2.66. The molecule has 1 saturated heterocycles. The third kappa shape index (κ3) is 2.29. The lowest BCUT2D eigenvalue weighted by Gasteiger charge is -1.88. The van der Waals surface area contributed by atoms with Crippen LogP contribution in [0.3, 0.4) is 0 Å². The summed E-state index contributed by atoms with van der Waals surface area (Å²) in [6.45, 7) is 0. The molecule has 0 amide bonds. The van der Waals surface area contributed by atoms with Crippen LogP contribution >= 0.6 is 41.8 Å². The zero-order valence-electron chi connectivity index (χ0n) is 3.36. The number of carbonyl (C=O) groups is 1. The molecule has 0 saturated carbocycles. The Morgan fingerprint density at radius 2 is 1.62 bits per heavy atom. The van der Waals surface area contributed by atoms with Gasteiger partial charge in [0.2, 0.25) is 0 Å². The Balaban J connectivity index is 2.27. The minimum Gasteiger partial charge on any atom is -0.346 e. The molecule has 7 heteroatoms. The summed E-state index contributed by atoms with van der Waals surface area (Å²) in [6, 6.07) is 0. The van der Waals surface area contributed by atoms with E-state index >= 15 is 0 Å². The van der Waals surface area contributed by atoms with E-state index in [9.17, 15) is 4.79 Å². The molecule has 1 rings (SSSR count). The largest absolute Gasteiger partial charge is 0.534 e. The van der Waals surface area contributed by atoms with Crippen molar-refractivity contribution in [2.75, 3.05) is 0 Å². The number of hydrogen-bond donors (Lipinski definition) is 0. The molecule has 8 heavy (non-hydrogen) atoms. The first-order valence-corrected chi connectivity index (χ1v) is 6.11. The van der Waals surface area contributed by atoms with E-state index in [-0.39, 0.29) is 0 Å². The number of hydrogen-bond acceptors (Lipinski definition) is 7. The molecule has 0 aromatic rings. The third-order valence-electron chi connectivity index (χ3n) is 0.287. The lowest BCUT2D eigenvalue weighted by molar-refractivity contribution is 0.170. The molecule has 0 radical (unpaired) electrons. The van der Waals surface area contributed by atoms with Gasteiger partial charge in [0.1, 0.15) is 22.1 Å². The molecule has 0 bridgehead atoms. The van der Waals surface area contributed by atoms with Crippen LogP contribution in [0.2, 0.25) is 0 Å². The Morgan fingerprint density at radius 3 is 2.12 bits per heavy atom. The first-order valence-electron chi connectivity index (χ1n) is 1.45. The van der Waals surface area contributed by atoms with Crippen molar-refractivity contribution in [3.63, 3.8) is 0 Å². The Kier molecular flexibility index (Phi) is 3.10. The van der Waals surface area contributed by atoms with Crippen LogP contribution in [0.15, 0.2) is 0 Å². The van der Waals surface area contributed by atoms with Gasteiger partial charge in [0, 0.05) is 19.7 Å². The first kappa shape index (κ1) is 6.79. The molecule has 0 unspecified atom stereocenters. The second-order valence-corrected chi connectivity index (χ2v) is 5.65. The predicted molar refractivity (Wildman–Crippen MR) is 37.9 cm³/mol. The van der Waals surface area contributed by atoms with Crippen LogP contribution in [0, 0.1) is 0 Å². The van der Waals surface area contributed by atoms with E-state index in [2.05, 4.69) is 8.37 Å². The molecule has 0 aliphatic carbocycles. The standard InChI is InChI=1S/CO3S4/c2-1-3-5-7-8-6-4-1. The van der Waals surface area contributed by atoms with Gasteiger partial charge in [-0.1, -0.05) is 0 Å². The Bertz CT molecular complexity index is 83.3. The fourth-order valence-electron chi connectivity index (χ4n) is 0.120. The molecule has 0 atom stereocenters. The van der Waals surface area contributed by atoms with Gasteiger partial charge in [-0.25, -0.2) is 4.79 Å². The minimum atomic E-state index is -0.641. The van der Waals surface area contributed by atoms with Crippen molar-refractivity contribution < 1.29 is 13.2 Å². The number of carbonyl (C=O) groups excluding carboxylic acids is 1. The Labute approximate surface area is 61.2 Å². The molecule has 0 aromatic carbocycles. The highest BCUT2D eigenvalue weighted by Gasteiger charge is 2.11. The van der Waals surface area contributed by atoms with Crippen molar-refractivity contribution in [3.8, 4) is 0 Å². The highest BCUT2D eigenvalue weighted by Crippen LogP contribution is 2.46. The van der Waals surface area contributed by atoms with Crippen LogP contribution in [0.25, 0.3) is 0 Å². The van der Waals surface area contributed by atoms with E-state index in [1.807, 2.05) is 0 Å². The van der Waals surface area contributed by atoms with Crippen LogP contribution in [0.4, 0.5) is 4.79 Å². The second-order valence-electron chi connectivity index (χ2n) is 0.689. The Hall–Kier alpha value is 0.670. The van der Waals surface area contributed by atoms with Crippen LogP contribution in [0.5, 0.6) is 0 Å².